The summed E-state index contributed by atoms with van der Waals surface area (Å²) in [6, 6.07) is -0.609. The van der Waals surface area contributed by atoms with Crippen molar-refractivity contribution in [2.45, 2.75) is 78.6 Å². The number of nitrogens with two attached hydrogens (primary N) is 1. The summed E-state index contributed by atoms with van der Waals surface area (Å²) < 4.78 is 0. The average Bonchev–Trinajstić information content (AvgIpc) is 2.77. The molecule has 2 bridgehead atoms. The Morgan fingerprint density at radius 3 is 2.48 bits per heavy atom. The van der Waals surface area contributed by atoms with E-state index in [9.17, 15) is 14.7 Å². The largest absolute Gasteiger partial charge is 0.481 e. The summed E-state index contributed by atoms with van der Waals surface area (Å²) >= 11 is 0. The number of fused-ring (bicyclic) bond motifs is 3. The highest BCUT2D eigenvalue weighted by atomic mass is 16.4. The van der Waals surface area contributed by atoms with Gasteiger partial charge in [-0.25, -0.2) is 10.2 Å². The Morgan fingerprint density at radius 2 is 1.81 bits per heavy atom. The average molecular weight is 376 g/mol. The van der Waals surface area contributed by atoms with Gasteiger partial charge in [0.1, 0.15) is 0 Å². The maximum atomic E-state index is 12.2. The van der Waals surface area contributed by atoms with Gasteiger partial charge in [-0.05, 0) is 81.0 Å². The van der Waals surface area contributed by atoms with Crippen LogP contribution >= 0.6 is 0 Å². The van der Waals surface area contributed by atoms with Crippen LogP contribution in [0.5, 0.6) is 0 Å². The third-order valence-electron chi connectivity index (χ3n) is 9.18. The number of nitrogens with one attached hydrogen (secondary N) is 1. The van der Waals surface area contributed by atoms with Crippen LogP contribution in [0.3, 0.4) is 0 Å². The lowest BCUT2D eigenvalue weighted by atomic mass is 9.40. The van der Waals surface area contributed by atoms with Crippen molar-refractivity contribution in [2.75, 3.05) is 0 Å². The number of urea groups is 1. The molecule has 4 saturated carbocycles. The van der Waals surface area contributed by atoms with Crippen LogP contribution in [-0.4, -0.2) is 22.8 Å². The predicted molar refractivity (Wildman–Crippen MR) is 103 cm³/mol. The van der Waals surface area contributed by atoms with E-state index in [1.54, 1.807) is 0 Å². The van der Waals surface area contributed by atoms with E-state index in [-0.39, 0.29) is 22.2 Å². The first-order chi connectivity index (χ1) is 12.6. The van der Waals surface area contributed by atoms with Crippen molar-refractivity contribution in [1.82, 2.24) is 5.43 Å². The molecule has 27 heavy (non-hydrogen) atoms. The van der Waals surface area contributed by atoms with E-state index in [4.69, 9.17) is 5.73 Å². The summed E-state index contributed by atoms with van der Waals surface area (Å²) in [5.74, 6) is 0.174. The summed E-state index contributed by atoms with van der Waals surface area (Å²) in [7, 11) is 0. The third kappa shape index (κ3) is 2.47. The molecule has 0 unspecified atom stereocenters. The molecule has 0 aromatic carbocycles. The molecule has 4 aliphatic rings. The summed E-state index contributed by atoms with van der Waals surface area (Å²) in [6.45, 7) is 6.64. The molecule has 0 aromatic heterocycles. The van der Waals surface area contributed by atoms with Crippen molar-refractivity contribution >= 4 is 17.7 Å². The molecule has 4 aliphatic carbocycles. The Kier molecular flexibility index (Phi) is 3.97. The monoisotopic (exact) mass is 375 g/mol. The summed E-state index contributed by atoms with van der Waals surface area (Å²) in [5, 5.41) is 14.4. The van der Waals surface area contributed by atoms with Crippen LogP contribution < -0.4 is 11.2 Å². The minimum atomic E-state index is -0.616. The molecule has 4 N–H and O–H groups in total. The van der Waals surface area contributed by atoms with Crippen LogP contribution in [0.1, 0.15) is 78.6 Å². The van der Waals surface area contributed by atoms with Crippen molar-refractivity contribution in [3.63, 3.8) is 0 Å². The number of hydrazone groups is 1. The number of carboxylic acid groups (broad SMARTS) is 1. The molecular formula is C21H33N3O3. The van der Waals surface area contributed by atoms with Crippen molar-refractivity contribution in [1.29, 1.82) is 0 Å². The topological polar surface area (TPSA) is 105 Å². The Labute approximate surface area is 161 Å². The predicted octanol–water partition coefficient (Wildman–Crippen LogP) is 3.90. The fourth-order valence-corrected chi connectivity index (χ4v) is 8.08. The van der Waals surface area contributed by atoms with Crippen LogP contribution in [-0.2, 0) is 4.79 Å². The van der Waals surface area contributed by atoms with Gasteiger partial charge >= 0.3 is 12.0 Å². The number of primary amides is 1. The molecule has 150 valence electrons. The van der Waals surface area contributed by atoms with Gasteiger partial charge in [0.2, 0.25) is 0 Å². The number of hydrogen-bond acceptors (Lipinski definition) is 3. The number of carbonyl (C=O) groups excluding carboxylic acids is 1. The number of carbonyl (C=O) groups is 2. The van der Waals surface area contributed by atoms with Crippen LogP contribution in [0.15, 0.2) is 5.10 Å². The Morgan fingerprint density at radius 1 is 1.11 bits per heavy atom. The quantitative estimate of drug-likeness (QED) is 0.637. The standard InChI is InChI=1S/C21H33N3O3/c1-18-9-5-14-19(2)7-4-8-20(3,16(25)26)13(19)6-10-21(14,12-18)11-15(18)23-24-17(22)27/h13-14H,4-12H2,1-3H3,(H,25,26)(H3,22,24,27)/b23-15-/t13-,14-,18-,19+,20+,21-/m1/s1. The molecule has 0 radical (unpaired) electrons. The molecule has 4 rings (SSSR count). The Hall–Kier alpha value is -1.59. The van der Waals surface area contributed by atoms with E-state index in [1.807, 2.05) is 6.92 Å². The van der Waals surface area contributed by atoms with Gasteiger partial charge in [-0.2, -0.15) is 5.10 Å². The van der Waals surface area contributed by atoms with Gasteiger partial charge in [-0.1, -0.05) is 20.3 Å². The molecule has 0 saturated heterocycles. The molecule has 0 aromatic rings. The molecule has 6 atom stereocenters. The lowest BCUT2D eigenvalue weighted by Crippen LogP contribution is -2.58. The van der Waals surface area contributed by atoms with Crippen molar-refractivity contribution in [3.05, 3.63) is 0 Å². The lowest BCUT2D eigenvalue weighted by molar-refractivity contribution is -0.182. The Bertz CT molecular complexity index is 721. The van der Waals surface area contributed by atoms with E-state index in [0.29, 0.717) is 5.92 Å². The molecule has 0 heterocycles. The fourth-order valence-electron chi connectivity index (χ4n) is 8.08. The van der Waals surface area contributed by atoms with Gasteiger partial charge in [-0.15, -0.1) is 0 Å². The molecule has 6 nitrogen and oxygen atoms in total. The van der Waals surface area contributed by atoms with Gasteiger partial charge in [0.15, 0.2) is 0 Å². The molecule has 6 heteroatoms. The zero-order valence-electron chi connectivity index (χ0n) is 16.8. The second kappa shape index (κ2) is 5.71. The first-order valence-corrected chi connectivity index (χ1v) is 10.4. The van der Waals surface area contributed by atoms with Gasteiger partial charge in [0, 0.05) is 11.1 Å². The van der Waals surface area contributed by atoms with Gasteiger partial charge in [-0.3, -0.25) is 4.79 Å². The number of carboxylic acids is 1. The normalized spacial score (nSPS) is 50.0. The van der Waals surface area contributed by atoms with Crippen molar-refractivity contribution < 1.29 is 14.7 Å². The zero-order chi connectivity index (χ0) is 19.7. The van der Waals surface area contributed by atoms with Crippen LogP contribution in [0.2, 0.25) is 0 Å². The molecule has 1 spiro atoms. The van der Waals surface area contributed by atoms with E-state index < -0.39 is 17.4 Å². The number of nitrogens with zero attached hydrogens (tertiary/aromatic N) is 1. The third-order valence-corrected chi connectivity index (χ3v) is 9.18. The molecular weight excluding hydrogens is 342 g/mol. The second-order valence-corrected chi connectivity index (χ2v) is 10.6. The first kappa shape index (κ1) is 18.8. The molecule has 0 aliphatic heterocycles. The van der Waals surface area contributed by atoms with Crippen LogP contribution in [0.25, 0.3) is 0 Å². The Balaban J connectivity index is 1.70. The maximum Gasteiger partial charge on any atom is 0.332 e. The number of aliphatic carboxylic acids is 1. The molecule has 4 fully saturated rings. The maximum absolute atomic E-state index is 12.2. The molecule has 2 amide bonds. The fraction of sp³-hybridized carbons (Fsp3) is 0.857. The number of rotatable bonds is 2. The van der Waals surface area contributed by atoms with Crippen molar-refractivity contribution in [2.24, 2.45) is 44.3 Å². The number of hydrogen-bond donors (Lipinski definition) is 3. The van der Waals surface area contributed by atoms with E-state index in [2.05, 4.69) is 24.4 Å². The lowest BCUT2D eigenvalue weighted by Gasteiger charge is -2.63. The summed E-state index contributed by atoms with van der Waals surface area (Å²) in [6.07, 6.45) is 9.22. The van der Waals surface area contributed by atoms with Crippen molar-refractivity contribution in [3.8, 4) is 0 Å². The number of amides is 2. The highest BCUT2D eigenvalue weighted by molar-refractivity contribution is 5.94. The van der Waals surface area contributed by atoms with Gasteiger partial charge in [0.05, 0.1) is 5.41 Å². The van der Waals surface area contributed by atoms with E-state index in [1.165, 1.54) is 0 Å². The minimum absolute atomic E-state index is 0.0346. The summed E-state index contributed by atoms with van der Waals surface area (Å²) in [4.78, 5) is 23.3. The smallest absolute Gasteiger partial charge is 0.332 e. The summed E-state index contributed by atoms with van der Waals surface area (Å²) in [5.41, 5.74) is 8.50. The SMILES string of the molecule is C[C@]12CC[C@H]3[C@](CC[C@@H]4[C@]3(C)CCC[C@]4(C)C(=O)O)(C/C1=N/NC(N)=O)C2. The van der Waals surface area contributed by atoms with Crippen LogP contribution in [0, 0.1) is 33.5 Å². The van der Waals surface area contributed by atoms with Gasteiger partial charge in [0.25, 0.3) is 0 Å². The minimum Gasteiger partial charge on any atom is -0.481 e. The highest BCUT2D eigenvalue weighted by Gasteiger charge is 2.67. The second-order valence-electron chi connectivity index (χ2n) is 10.6. The van der Waals surface area contributed by atoms with E-state index in [0.717, 1.165) is 63.5 Å². The first-order valence-electron chi connectivity index (χ1n) is 10.4. The highest BCUT2D eigenvalue weighted by Crippen LogP contribution is 2.73. The zero-order valence-corrected chi connectivity index (χ0v) is 16.8. The van der Waals surface area contributed by atoms with Gasteiger partial charge < -0.3 is 10.8 Å². The van der Waals surface area contributed by atoms with E-state index >= 15 is 0 Å². The van der Waals surface area contributed by atoms with Crippen LogP contribution in [0.4, 0.5) is 4.79 Å².